The summed E-state index contributed by atoms with van der Waals surface area (Å²) < 4.78 is 1.71. The van der Waals surface area contributed by atoms with Crippen molar-refractivity contribution in [2.24, 2.45) is 13.0 Å². The molecule has 5 rings (SSSR count). The molecule has 28 heavy (non-hydrogen) atoms. The predicted molar refractivity (Wildman–Crippen MR) is 107 cm³/mol. The lowest BCUT2D eigenvalue weighted by Crippen LogP contribution is -2.13. The second-order valence-corrected chi connectivity index (χ2v) is 6.98. The topological polar surface area (TPSA) is 101 Å². The Hall–Kier alpha value is -3.68. The molecule has 3 aromatic heterocycles. The third-order valence-corrected chi connectivity index (χ3v) is 4.82. The molecule has 1 fully saturated rings. The van der Waals surface area contributed by atoms with Gasteiger partial charge in [-0.05, 0) is 37.1 Å². The lowest BCUT2D eigenvalue weighted by molar-refractivity contribution is -0.117. The van der Waals surface area contributed by atoms with E-state index in [1.54, 1.807) is 17.1 Å². The van der Waals surface area contributed by atoms with Gasteiger partial charge in [-0.15, -0.1) is 0 Å². The van der Waals surface area contributed by atoms with Crippen LogP contribution in [0.4, 0.5) is 17.3 Å². The maximum atomic E-state index is 12.2. The summed E-state index contributed by atoms with van der Waals surface area (Å²) in [4.78, 5) is 24.3. The second-order valence-electron chi connectivity index (χ2n) is 6.98. The SMILES string of the molecule is Cn1cc(Nc2nccc(-c3ccc(NC(=O)C4CC4)c4[nH]ccc34)n2)cn1. The first kappa shape index (κ1) is 16.5. The minimum atomic E-state index is 0.0913. The Balaban J connectivity index is 1.48. The summed E-state index contributed by atoms with van der Waals surface area (Å²) in [5.41, 5.74) is 4.28. The standard InChI is InChI=1S/C20H19N7O/c1-27-11-13(10-23-27)24-20-22-9-7-16(26-20)14-4-5-17(18-15(14)6-8-21-18)25-19(28)12-2-3-12/h4-12,21H,2-3H2,1H3,(H,25,28)(H,22,24,26). The Morgan fingerprint density at radius 3 is 2.93 bits per heavy atom. The number of nitrogens with zero attached hydrogens (tertiary/aromatic N) is 4. The fourth-order valence-corrected chi connectivity index (χ4v) is 3.25. The van der Waals surface area contributed by atoms with E-state index in [0.29, 0.717) is 5.95 Å². The fraction of sp³-hybridized carbons (Fsp3) is 0.200. The third-order valence-electron chi connectivity index (χ3n) is 4.82. The van der Waals surface area contributed by atoms with E-state index in [1.165, 1.54) is 0 Å². The van der Waals surface area contributed by atoms with Gasteiger partial charge in [0.1, 0.15) is 0 Å². The molecule has 1 aromatic carbocycles. The Morgan fingerprint density at radius 1 is 1.25 bits per heavy atom. The van der Waals surface area contributed by atoms with Crippen LogP contribution in [0.2, 0.25) is 0 Å². The van der Waals surface area contributed by atoms with Crippen LogP contribution in [-0.2, 0) is 11.8 Å². The van der Waals surface area contributed by atoms with Gasteiger partial charge in [0.25, 0.3) is 0 Å². The molecule has 0 spiro atoms. The number of fused-ring (bicyclic) bond motifs is 1. The molecule has 1 aliphatic carbocycles. The van der Waals surface area contributed by atoms with Crippen molar-refractivity contribution in [3.8, 4) is 11.3 Å². The van der Waals surface area contributed by atoms with Gasteiger partial charge in [0.05, 0.1) is 28.8 Å². The van der Waals surface area contributed by atoms with Gasteiger partial charge in [0, 0.05) is 42.5 Å². The number of aromatic nitrogens is 5. The number of anilines is 3. The van der Waals surface area contributed by atoms with E-state index in [2.05, 4.69) is 30.7 Å². The highest BCUT2D eigenvalue weighted by molar-refractivity contribution is 6.06. The molecule has 0 atom stereocenters. The maximum Gasteiger partial charge on any atom is 0.227 e. The lowest BCUT2D eigenvalue weighted by atomic mass is 10.1. The highest BCUT2D eigenvalue weighted by Crippen LogP contribution is 2.34. The number of carbonyl (C=O) groups excluding carboxylic acids is 1. The molecule has 0 saturated heterocycles. The number of aryl methyl sites for hydroxylation is 1. The van der Waals surface area contributed by atoms with Crippen LogP contribution in [-0.4, -0.2) is 30.6 Å². The van der Waals surface area contributed by atoms with E-state index in [1.807, 2.05) is 43.7 Å². The largest absolute Gasteiger partial charge is 0.359 e. The van der Waals surface area contributed by atoms with Gasteiger partial charge in [0.15, 0.2) is 0 Å². The zero-order valence-corrected chi connectivity index (χ0v) is 15.3. The first-order valence-electron chi connectivity index (χ1n) is 9.17. The number of H-pyrrole nitrogens is 1. The van der Waals surface area contributed by atoms with Gasteiger partial charge >= 0.3 is 0 Å². The molecular weight excluding hydrogens is 354 g/mol. The van der Waals surface area contributed by atoms with Gasteiger partial charge < -0.3 is 15.6 Å². The highest BCUT2D eigenvalue weighted by atomic mass is 16.2. The van der Waals surface area contributed by atoms with E-state index in [4.69, 9.17) is 0 Å². The summed E-state index contributed by atoms with van der Waals surface area (Å²) in [6.45, 7) is 0. The van der Waals surface area contributed by atoms with Crippen LogP contribution >= 0.6 is 0 Å². The van der Waals surface area contributed by atoms with Gasteiger partial charge in [-0.2, -0.15) is 5.10 Å². The number of hydrogen-bond acceptors (Lipinski definition) is 5. The van der Waals surface area contributed by atoms with Crippen molar-refractivity contribution in [2.45, 2.75) is 12.8 Å². The van der Waals surface area contributed by atoms with Crippen LogP contribution in [0.5, 0.6) is 0 Å². The Bertz CT molecular complexity index is 1170. The average Bonchev–Trinajstić information content (AvgIpc) is 3.29. The Labute approximate surface area is 161 Å². The molecule has 8 heteroatoms. The Morgan fingerprint density at radius 2 is 2.14 bits per heavy atom. The lowest BCUT2D eigenvalue weighted by Gasteiger charge is -2.10. The number of hydrogen-bond donors (Lipinski definition) is 3. The van der Waals surface area contributed by atoms with E-state index >= 15 is 0 Å². The van der Waals surface area contributed by atoms with Crippen molar-refractivity contribution in [1.82, 2.24) is 24.7 Å². The van der Waals surface area contributed by atoms with Crippen molar-refractivity contribution in [3.05, 3.63) is 49.1 Å². The maximum absolute atomic E-state index is 12.2. The van der Waals surface area contributed by atoms with Gasteiger partial charge in [-0.25, -0.2) is 9.97 Å². The molecule has 1 saturated carbocycles. The number of aromatic amines is 1. The Kier molecular flexibility index (Phi) is 3.82. The van der Waals surface area contributed by atoms with Gasteiger partial charge in [-0.1, -0.05) is 0 Å². The quantitative estimate of drug-likeness (QED) is 0.497. The monoisotopic (exact) mass is 373 g/mol. The number of rotatable bonds is 5. The second kappa shape index (κ2) is 6.49. The summed E-state index contributed by atoms with van der Waals surface area (Å²) in [6, 6.07) is 7.77. The summed E-state index contributed by atoms with van der Waals surface area (Å²) >= 11 is 0. The summed E-state index contributed by atoms with van der Waals surface area (Å²) in [7, 11) is 1.86. The molecule has 8 nitrogen and oxygen atoms in total. The highest BCUT2D eigenvalue weighted by Gasteiger charge is 2.30. The molecule has 3 N–H and O–H groups in total. The first-order valence-corrected chi connectivity index (χ1v) is 9.17. The van der Waals surface area contributed by atoms with Crippen LogP contribution in [0.15, 0.2) is 49.1 Å². The molecular formula is C20H19N7O. The molecule has 0 bridgehead atoms. The molecule has 1 amide bonds. The molecule has 0 radical (unpaired) electrons. The summed E-state index contributed by atoms with van der Waals surface area (Å²) in [5.74, 6) is 0.751. The van der Waals surface area contributed by atoms with E-state index in [-0.39, 0.29) is 11.8 Å². The van der Waals surface area contributed by atoms with Gasteiger partial charge in [-0.3, -0.25) is 9.48 Å². The van der Waals surface area contributed by atoms with Crippen LogP contribution < -0.4 is 10.6 Å². The van der Waals surface area contributed by atoms with Crippen molar-refractivity contribution in [2.75, 3.05) is 10.6 Å². The minimum absolute atomic E-state index is 0.0913. The smallest absolute Gasteiger partial charge is 0.227 e. The zero-order chi connectivity index (χ0) is 19.1. The van der Waals surface area contributed by atoms with Crippen LogP contribution in [0, 0.1) is 5.92 Å². The molecule has 1 aliphatic rings. The van der Waals surface area contributed by atoms with Crippen molar-refractivity contribution in [3.63, 3.8) is 0 Å². The number of nitrogens with one attached hydrogen (secondary N) is 3. The molecule has 0 aliphatic heterocycles. The van der Waals surface area contributed by atoms with Crippen LogP contribution in [0.1, 0.15) is 12.8 Å². The van der Waals surface area contributed by atoms with E-state index in [0.717, 1.165) is 46.4 Å². The number of carbonyl (C=O) groups is 1. The summed E-state index contributed by atoms with van der Waals surface area (Å²) in [6.07, 6.45) is 9.13. The predicted octanol–water partition coefficient (Wildman–Crippen LogP) is 3.45. The summed E-state index contributed by atoms with van der Waals surface area (Å²) in [5, 5.41) is 11.3. The molecule has 140 valence electrons. The van der Waals surface area contributed by atoms with Crippen molar-refractivity contribution < 1.29 is 4.79 Å². The normalized spacial score (nSPS) is 13.6. The molecule has 3 heterocycles. The van der Waals surface area contributed by atoms with Crippen LogP contribution in [0.3, 0.4) is 0 Å². The first-order chi connectivity index (χ1) is 13.7. The average molecular weight is 373 g/mol. The molecule has 0 unspecified atom stereocenters. The van der Waals surface area contributed by atoms with E-state index < -0.39 is 0 Å². The number of amides is 1. The van der Waals surface area contributed by atoms with Crippen molar-refractivity contribution >= 4 is 34.1 Å². The fourth-order valence-electron chi connectivity index (χ4n) is 3.25. The molecule has 4 aromatic rings. The van der Waals surface area contributed by atoms with Crippen molar-refractivity contribution in [1.29, 1.82) is 0 Å². The van der Waals surface area contributed by atoms with E-state index in [9.17, 15) is 4.79 Å². The number of benzene rings is 1. The van der Waals surface area contributed by atoms with Gasteiger partial charge in [0.2, 0.25) is 11.9 Å². The van der Waals surface area contributed by atoms with Crippen LogP contribution in [0.25, 0.3) is 22.2 Å². The minimum Gasteiger partial charge on any atom is -0.359 e. The zero-order valence-electron chi connectivity index (χ0n) is 15.3. The third kappa shape index (κ3) is 3.09.